The molecule has 0 saturated carbocycles. The third-order valence-electron chi connectivity index (χ3n) is 3.48. The summed E-state index contributed by atoms with van der Waals surface area (Å²) in [7, 11) is 2.04. The largest absolute Gasteiger partial charge is 0.322 e. The molecule has 102 valence electrons. The van der Waals surface area contributed by atoms with E-state index in [9.17, 15) is 9.18 Å². The second-order valence-electron chi connectivity index (χ2n) is 5.08. The van der Waals surface area contributed by atoms with Crippen molar-refractivity contribution in [2.24, 2.45) is 0 Å². The third kappa shape index (κ3) is 2.42. The molecule has 0 aromatic heterocycles. The van der Waals surface area contributed by atoms with E-state index in [2.05, 4.69) is 16.3 Å². The van der Waals surface area contributed by atoms with Gasteiger partial charge in [-0.1, -0.05) is 18.2 Å². The van der Waals surface area contributed by atoms with Crippen LogP contribution in [0.25, 0.3) is 0 Å². The van der Waals surface area contributed by atoms with Crippen LogP contribution in [0.5, 0.6) is 0 Å². The van der Waals surface area contributed by atoms with Crippen molar-refractivity contribution in [1.29, 1.82) is 0 Å². The molecule has 0 unspecified atom stereocenters. The summed E-state index contributed by atoms with van der Waals surface area (Å²) in [6.07, 6.45) is 0. The topological polar surface area (TPSA) is 32.3 Å². The van der Waals surface area contributed by atoms with Crippen LogP contribution in [0.15, 0.2) is 42.5 Å². The Morgan fingerprint density at radius 1 is 1.20 bits per heavy atom. The number of hydrogen-bond acceptors (Lipinski definition) is 2. The van der Waals surface area contributed by atoms with E-state index in [1.165, 1.54) is 23.8 Å². The number of nitrogens with one attached hydrogen (secondary N) is 1. The van der Waals surface area contributed by atoms with Gasteiger partial charge in [0.1, 0.15) is 5.82 Å². The van der Waals surface area contributed by atoms with E-state index >= 15 is 0 Å². The zero-order valence-corrected chi connectivity index (χ0v) is 11.2. The fourth-order valence-electron chi connectivity index (χ4n) is 2.53. The lowest BCUT2D eigenvalue weighted by molar-refractivity contribution is 0.102. The van der Waals surface area contributed by atoms with Crippen molar-refractivity contribution in [2.75, 3.05) is 12.4 Å². The molecular weight excluding hydrogens is 255 g/mol. The first-order chi connectivity index (χ1) is 9.63. The van der Waals surface area contributed by atoms with Crippen molar-refractivity contribution in [3.05, 3.63) is 65.0 Å². The van der Waals surface area contributed by atoms with Gasteiger partial charge in [0.2, 0.25) is 0 Å². The Kier molecular flexibility index (Phi) is 3.24. The van der Waals surface area contributed by atoms with Gasteiger partial charge in [0.15, 0.2) is 0 Å². The van der Waals surface area contributed by atoms with Crippen LogP contribution < -0.4 is 5.32 Å². The highest BCUT2D eigenvalue weighted by Gasteiger charge is 2.19. The number of nitrogens with zero attached hydrogens (tertiary/aromatic N) is 1. The van der Waals surface area contributed by atoms with Crippen LogP contribution in [0.4, 0.5) is 10.1 Å². The number of amides is 1. The smallest absolute Gasteiger partial charge is 0.255 e. The van der Waals surface area contributed by atoms with E-state index in [0.717, 1.165) is 24.3 Å². The van der Waals surface area contributed by atoms with E-state index in [-0.39, 0.29) is 5.91 Å². The van der Waals surface area contributed by atoms with Gasteiger partial charge < -0.3 is 5.32 Å². The van der Waals surface area contributed by atoms with Crippen LogP contribution in [0.3, 0.4) is 0 Å². The van der Waals surface area contributed by atoms with Gasteiger partial charge in [-0.15, -0.1) is 0 Å². The number of hydrogen-bond donors (Lipinski definition) is 1. The van der Waals surface area contributed by atoms with Crippen LogP contribution in [-0.4, -0.2) is 17.9 Å². The number of fused-ring (bicyclic) bond motifs is 1. The Morgan fingerprint density at radius 3 is 2.80 bits per heavy atom. The molecule has 2 aromatic carbocycles. The number of carbonyl (C=O) groups is 1. The average Bonchev–Trinajstić information content (AvgIpc) is 2.80. The van der Waals surface area contributed by atoms with Crippen molar-refractivity contribution >= 4 is 11.6 Å². The van der Waals surface area contributed by atoms with Gasteiger partial charge in [-0.05, 0) is 42.4 Å². The molecular formula is C16H15FN2O. The maximum Gasteiger partial charge on any atom is 0.255 e. The number of carbonyl (C=O) groups excluding carboxylic acids is 1. The molecule has 0 saturated heterocycles. The minimum absolute atomic E-state index is 0.285. The zero-order valence-electron chi connectivity index (χ0n) is 11.2. The predicted molar refractivity (Wildman–Crippen MR) is 76.0 cm³/mol. The first-order valence-corrected chi connectivity index (χ1v) is 6.50. The summed E-state index contributed by atoms with van der Waals surface area (Å²) >= 11 is 0. The standard InChI is InChI=1S/C16H15FN2O/c1-19-9-12-5-3-7-15(14(12)10-19)18-16(20)11-4-2-6-13(17)8-11/h2-8H,9-10H2,1H3,(H,18,20). The minimum atomic E-state index is -0.407. The molecule has 3 rings (SSSR count). The molecule has 20 heavy (non-hydrogen) atoms. The molecule has 0 radical (unpaired) electrons. The number of halogens is 1. The SMILES string of the molecule is CN1Cc2cccc(NC(=O)c3cccc(F)c3)c2C1. The van der Waals surface area contributed by atoms with Crippen LogP contribution in [0, 0.1) is 5.82 Å². The van der Waals surface area contributed by atoms with E-state index < -0.39 is 5.82 Å². The molecule has 4 heteroatoms. The highest BCUT2D eigenvalue weighted by molar-refractivity contribution is 6.04. The van der Waals surface area contributed by atoms with E-state index in [0.29, 0.717) is 5.56 Å². The lowest BCUT2D eigenvalue weighted by Gasteiger charge is -2.10. The normalized spacial score (nSPS) is 14.1. The van der Waals surface area contributed by atoms with Gasteiger partial charge in [-0.25, -0.2) is 4.39 Å². The molecule has 2 aromatic rings. The second kappa shape index (κ2) is 5.06. The molecule has 0 spiro atoms. The Morgan fingerprint density at radius 2 is 2.00 bits per heavy atom. The van der Waals surface area contributed by atoms with Crippen LogP contribution in [-0.2, 0) is 13.1 Å². The molecule has 1 N–H and O–H groups in total. The molecule has 0 aliphatic carbocycles. The van der Waals surface area contributed by atoms with E-state index in [1.54, 1.807) is 6.07 Å². The van der Waals surface area contributed by atoms with Gasteiger partial charge in [0.05, 0.1) is 0 Å². The Hall–Kier alpha value is -2.20. The fourth-order valence-corrected chi connectivity index (χ4v) is 2.53. The third-order valence-corrected chi connectivity index (χ3v) is 3.48. The van der Waals surface area contributed by atoms with Gasteiger partial charge in [-0.2, -0.15) is 0 Å². The van der Waals surface area contributed by atoms with Crippen molar-refractivity contribution in [1.82, 2.24) is 4.90 Å². The Balaban J connectivity index is 1.86. The maximum absolute atomic E-state index is 13.2. The van der Waals surface area contributed by atoms with Gasteiger partial charge >= 0.3 is 0 Å². The molecule has 1 aliphatic rings. The highest BCUT2D eigenvalue weighted by atomic mass is 19.1. The fraction of sp³-hybridized carbons (Fsp3) is 0.188. The van der Waals surface area contributed by atoms with Crippen molar-refractivity contribution in [3.8, 4) is 0 Å². The van der Waals surface area contributed by atoms with Crippen LogP contribution >= 0.6 is 0 Å². The predicted octanol–water partition coefficient (Wildman–Crippen LogP) is 3.02. The van der Waals surface area contributed by atoms with Gasteiger partial charge in [-0.3, -0.25) is 9.69 Å². The lowest BCUT2D eigenvalue weighted by Crippen LogP contribution is -2.14. The summed E-state index contributed by atoms with van der Waals surface area (Å²) in [6.45, 7) is 1.70. The van der Waals surface area contributed by atoms with Crippen LogP contribution in [0.2, 0.25) is 0 Å². The summed E-state index contributed by atoms with van der Waals surface area (Å²) in [6, 6.07) is 11.6. The van der Waals surface area contributed by atoms with Crippen molar-refractivity contribution < 1.29 is 9.18 Å². The van der Waals surface area contributed by atoms with E-state index in [4.69, 9.17) is 0 Å². The van der Waals surface area contributed by atoms with E-state index in [1.807, 2.05) is 19.2 Å². The second-order valence-corrected chi connectivity index (χ2v) is 5.08. The summed E-state index contributed by atoms with van der Waals surface area (Å²) in [5.74, 6) is -0.692. The van der Waals surface area contributed by atoms with Gasteiger partial charge in [0, 0.05) is 24.3 Å². The highest BCUT2D eigenvalue weighted by Crippen LogP contribution is 2.28. The molecule has 0 fully saturated rings. The maximum atomic E-state index is 13.2. The monoisotopic (exact) mass is 270 g/mol. The first kappa shape index (κ1) is 12.8. The molecule has 3 nitrogen and oxygen atoms in total. The quantitative estimate of drug-likeness (QED) is 0.909. The number of rotatable bonds is 2. The lowest BCUT2D eigenvalue weighted by atomic mass is 10.1. The molecule has 0 bridgehead atoms. The zero-order chi connectivity index (χ0) is 14.1. The minimum Gasteiger partial charge on any atom is -0.322 e. The summed E-state index contributed by atoms with van der Waals surface area (Å²) < 4.78 is 13.2. The first-order valence-electron chi connectivity index (χ1n) is 6.50. The van der Waals surface area contributed by atoms with Crippen molar-refractivity contribution in [2.45, 2.75) is 13.1 Å². The number of anilines is 1. The molecule has 0 atom stereocenters. The Bertz CT molecular complexity index is 669. The average molecular weight is 270 g/mol. The van der Waals surface area contributed by atoms with Gasteiger partial charge in [0.25, 0.3) is 5.91 Å². The molecule has 1 amide bonds. The van der Waals surface area contributed by atoms with Crippen molar-refractivity contribution in [3.63, 3.8) is 0 Å². The molecule has 1 heterocycles. The van der Waals surface area contributed by atoms with Crippen LogP contribution in [0.1, 0.15) is 21.5 Å². The number of benzene rings is 2. The molecule has 1 aliphatic heterocycles. The summed E-state index contributed by atoms with van der Waals surface area (Å²) in [4.78, 5) is 14.3. The summed E-state index contributed by atoms with van der Waals surface area (Å²) in [5.41, 5.74) is 3.50. The Labute approximate surface area is 117 Å². The summed E-state index contributed by atoms with van der Waals surface area (Å²) in [5, 5.41) is 2.87.